The Morgan fingerprint density at radius 3 is 0.537 bits per heavy atom. The zero-order valence-electron chi connectivity index (χ0n) is 30.5. The summed E-state index contributed by atoms with van der Waals surface area (Å²) in [5.74, 6) is 0. The second-order valence-corrected chi connectivity index (χ2v) is 15.2. The van der Waals surface area contributed by atoms with E-state index in [1.54, 1.807) is 0 Å². The smallest absolute Gasteiger partial charge is 0.0780 e. The Kier molecular flexibility index (Phi) is 38.7. The summed E-state index contributed by atoms with van der Waals surface area (Å²) in [5, 5.41) is 0. The van der Waals surface area contributed by atoms with Gasteiger partial charge in [0.05, 0.1) is 55.4 Å². The van der Waals surface area contributed by atoms with Gasteiger partial charge in [-0.1, -0.05) is 168 Å². The predicted octanol–water partition coefficient (Wildman–Crippen LogP) is 12.3. The van der Waals surface area contributed by atoms with Gasteiger partial charge in [-0.25, -0.2) is 0 Å². The van der Waals surface area contributed by atoms with E-state index in [1.165, 1.54) is 193 Å². The maximum absolute atomic E-state index is 2.29. The first-order valence-electron chi connectivity index (χ1n) is 18.7. The molecular weight excluding hydrogens is 516 g/mol. The Morgan fingerprint density at radius 2 is 0.390 bits per heavy atom. The molecule has 2 nitrogen and oxygen atoms in total. The first kappa shape index (κ1) is 45.7. The molecule has 0 aliphatic rings. The van der Waals surface area contributed by atoms with Crippen LogP contribution in [0, 0.1) is 0 Å². The van der Waals surface area contributed by atoms with Crippen molar-refractivity contribution < 1.29 is 8.97 Å². The van der Waals surface area contributed by atoms with Crippen molar-refractivity contribution in [2.45, 2.75) is 194 Å². The lowest BCUT2D eigenvalue weighted by Crippen LogP contribution is -2.35. The molecule has 0 fully saturated rings. The first-order chi connectivity index (χ1) is 19.1. The zero-order chi connectivity index (χ0) is 30.2. The van der Waals surface area contributed by atoms with Crippen molar-refractivity contribution in [3.05, 3.63) is 0 Å². The van der Waals surface area contributed by atoms with Crippen LogP contribution in [-0.4, -0.2) is 64.3 Å². The van der Waals surface area contributed by atoms with Gasteiger partial charge in [-0.2, -0.15) is 0 Å². The van der Waals surface area contributed by atoms with Gasteiger partial charge in [-0.3, -0.25) is 0 Å². The van der Waals surface area contributed by atoms with Crippen LogP contribution in [-0.2, 0) is 13.5 Å². The maximum Gasteiger partial charge on any atom is 0.0780 e. The fraction of sp³-hybridized carbons (Fsp3) is 1.00. The Hall–Kier alpha value is 0.270. The molecule has 0 aliphatic carbocycles. The minimum atomic E-state index is 0. The van der Waals surface area contributed by atoms with Crippen molar-refractivity contribution in [1.29, 1.82) is 0 Å². The van der Waals surface area contributed by atoms with Crippen molar-refractivity contribution in [1.82, 2.24) is 0 Å². The summed E-state index contributed by atoms with van der Waals surface area (Å²) >= 11 is 0. The molecule has 3 heteroatoms. The van der Waals surface area contributed by atoms with Crippen LogP contribution < -0.4 is 0 Å². The molecule has 0 saturated carbocycles. The highest BCUT2D eigenvalue weighted by molar-refractivity contribution is 7.37. The lowest BCUT2D eigenvalue weighted by molar-refractivity contribution is -0.870. The standard InChI is InChI=1S/2C19H42N.S/c2*1-5-6-7-8-9-10-11-12-13-14-15-16-17-18-19-20(2,3)4;/h2*5-19H2,1-4H3;/q2*+1;-2. The van der Waals surface area contributed by atoms with Gasteiger partial charge in [0.15, 0.2) is 0 Å². The minimum absolute atomic E-state index is 0. The van der Waals surface area contributed by atoms with Gasteiger partial charge in [0.25, 0.3) is 0 Å². The Morgan fingerprint density at radius 1 is 0.244 bits per heavy atom. The molecule has 0 aromatic heterocycles. The molecule has 0 heterocycles. The Labute approximate surface area is 270 Å². The molecule has 0 aromatic carbocycles. The van der Waals surface area contributed by atoms with E-state index in [0.717, 1.165) is 8.97 Å². The molecule has 0 rings (SSSR count). The highest BCUT2D eigenvalue weighted by Gasteiger charge is 2.06. The third-order valence-electron chi connectivity index (χ3n) is 8.36. The second kappa shape index (κ2) is 34.8. The molecule has 0 radical (unpaired) electrons. The monoisotopic (exact) mass is 601 g/mol. The molecule has 0 spiro atoms. The van der Waals surface area contributed by atoms with Crippen LogP contribution >= 0.6 is 0 Å². The lowest BCUT2D eigenvalue weighted by Gasteiger charge is -2.23. The van der Waals surface area contributed by atoms with E-state index < -0.39 is 0 Å². The summed E-state index contributed by atoms with van der Waals surface area (Å²) in [7, 11) is 13.8. The Bertz CT molecular complexity index is 410. The Balaban J connectivity index is -0.000000688. The largest absolute Gasteiger partial charge is 2.00 e. The van der Waals surface area contributed by atoms with Crippen LogP contribution in [0.5, 0.6) is 0 Å². The summed E-state index contributed by atoms with van der Waals surface area (Å²) in [5.41, 5.74) is 0. The summed E-state index contributed by atoms with van der Waals surface area (Å²) in [6, 6.07) is 0. The quantitative estimate of drug-likeness (QED) is 0.0568. The molecule has 0 saturated heterocycles. The molecule has 41 heavy (non-hydrogen) atoms. The van der Waals surface area contributed by atoms with E-state index in [1.807, 2.05) is 0 Å². The molecule has 0 N–H and O–H groups in total. The average molecular weight is 601 g/mol. The van der Waals surface area contributed by atoms with Crippen molar-refractivity contribution in [3.63, 3.8) is 0 Å². The fourth-order valence-corrected chi connectivity index (χ4v) is 5.56. The normalized spacial score (nSPS) is 11.7. The topological polar surface area (TPSA) is 0 Å². The third-order valence-corrected chi connectivity index (χ3v) is 8.36. The van der Waals surface area contributed by atoms with Gasteiger partial charge in [-0.05, 0) is 25.7 Å². The minimum Gasteiger partial charge on any atom is -2.00 e. The molecule has 0 unspecified atom stereocenters. The summed E-state index contributed by atoms with van der Waals surface area (Å²) in [6.45, 7) is 7.25. The molecule has 0 amide bonds. The molecule has 0 atom stereocenters. The van der Waals surface area contributed by atoms with E-state index in [0.29, 0.717) is 0 Å². The van der Waals surface area contributed by atoms with E-state index in [9.17, 15) is 0 Å². The van der Waals surface area contributed by atoms with Gasteiger partial charge in [-0.15, -0.1) is 0 Å². The number of hydrogen-bond acceptors (Lipinski definition) is 0. The molecule has 0 aromatic rings. The van der Waals surface area contributed by atoms with Crippen LogP contribution in [0.25, 0.3) is 0 Å². The van der Waals surface area contributed by atoms with Crippen LogP contribution in [0.3, 0.4) is 0 Å². The highest BCUT2D eigenvalue weighted by atomic mass is 32.1. The lowest BCUT2D eigenvalue weighted by atomic mass is 10.0. The van der Waals surface area contributed by atoms with E-state index in [2.05, 4.69) is 56.1 Å². The SMILES string of the molecule is CCCCCCCCCCCCCCCC[N+](C)(C)C.CCCCCCCCCCCCCCCC[N+](C)(C)C.[S-2]. The van der Waals surface area contributed by atoms with Gasteiger partial charge in [0.2, 0.25) is 0 Å². The first-order valence-corrected chi connectivity index (χ1v) is 18.7. The maximum atomic E-state index is 2.29. The van der Waals surface area contributed by atoms with Crippen LogP contribution in [0.2, 0.25) is 0 Å². The van der Waals surface area contributed by atoms with Crippen molar-refractivity contribution in [2.75, 3.05) is 55.4 Å². The predicted molar refractivity (Wildman–Crippen MR) is 194 cm³/mol. The zero-order valence-corrected chi connectivity index (χ0v) is 31.3. The van der Waals surface area contributed by atoms with Crippen LogP contribution in [0.4, 0.5) is 0 Å². The number of nitrogens with zero attached hydrogens (tertiary/aromatic N) is 2. The van der Waals surface area contributed by atoms with Gasteiger partial charge < -0.3 is 22.5 Å². The number of unbranched alkanes of at least 4 members (excludes halogenated alkanes) is 26. The van der Waals surface area contributed by atoms with Crippen LogP contribution in [0.15, 0.2) is 0 Å². The number of hydrogen-bond donors (Lipinski definition) is 0. The third kappa shape index (κ3) is 50.2. The van der Waals surface area contributed by atoms with Gasteiger partial charge in [0.1, 0.15) is 0 Å². The summed E-state index contributed by atoms with van der Waals surface area (Å²) < 4.78 is 2.25. The van der Waals surface area contributed by atoms with Gasteiger partial charge >= 0.3 is 0 Å². The summed E-state index contributed by atoms with van der Waals surface area (Å²) in [4.78, 5) is 0. The van der Waals surface area contributed by atoms with Crippen molar-refractivity contribution in [3.8, 4) is 0 Å². The molecule has 0 bridgehead atoms. The van der Waals surface area contributed by atoms with Crippen molar-refractivity contribution in [2.24, 2.45) is 0 Å². The van der Waals surface area contributed by atoms with E-state index in [-0.39, 0.29) is 13.5 Å². The van der Waals surface area contributed by atoms with Gasteiger partial charge in [0, 0.05) is 0 Å². The van der Waals surface area contributed by atoms with Crippen LogP contribution in [0.1, 0.15) is 194 Å². The average Bonchev–Trinajstić information content (AvgIpc) is 2.88. The highest BCUT2D eigenvalue weighted by Crippen LogP contribution is 2.14. The second-order valence-electron chi connectivity index (χ2n) is 15.2. The summed E-state index contributed by atoms with van der Waals surface area (Å²) in [6.07, 6.45) is 40.7. The van der Waals surface area contributed by atoms with E-state index in [4.69, 9.17) is 0 Å². The van der Waals surface area contributed by atoms with E-state index >= 15 is 0 Å². The number of quaternary nitrogens is 2. The fourth-order valence-electron chi connectivity index (χ4n) is 5.56. The molecular formula is C38H84N2S. The molecule has 252 valence electrons. The molecule has 0 aliphatic heterocycles. The number of rotatable bonds is 30. The van der Waals surface area contributed by atoms with Crippen molar-refractivity contribution >= 4 is 13.5 Å².